The first-order valence-electron chi connectivity index (χ1n) is 14.2. The number of hydrogen-bond acceptors (Lipinski definition) is 9. The molecule has 0 unspecified atom stereocenters. The maximum Gasteiger partial charge on any atom is 0.303 e. The van der Waals surface area contributed by atoms with Gasteiger partial charge in [0.15, 0.2) is 17.9 Å². The number of carbonyl (C=O) groups is 4. The molecule has 2 atom stereocenters. The number of benzene rings is 1. The van der Waals surface area contributed by atoms with Crippen molar-refractivity contribution in [1.82, 2.24) is 10.2 Å². The van der Waals surface area contributed by atoms with Gasteiger partial charge in [0.05, 0.1) is 28.9 Å². The fourth-order valence-electron chi connectivity index (χ4n) is 5.22. The maximum atomic E-state index is 13.1. The average Bonchev–Trinajstić information content (AvgIpc) is 3.54. The zero-order chi connectivity index (χ0) is 33.0. The summed E-state index contributed by atoms with van der Waals surface area (Å²) < 4.78 is 2.13. The van der Waals surface area contributed by atoms with Crippen molar-refractivity contribution >= 4 is 93.6 Å². The van der Waals surface area contributed by atoms with Crippen LogP contribution in [0.4, 0.5) is 0 Å². The molecule has 5 rings (SSSR count). The first kappa shape index (κ1) is 34.6. The second-order valence-corrected chi connectivity index (χ2v) is 15.6. The van der Waals surface area contributed by atoms with Crippen LogP contribution in [0.3, 0.4) is 0 Å². The van der Waals surface area contributed by atoms with E-state index in [0.29, 0.717) is 45.0 Å². The number of halogens is 2. The first-order chi connectivity index (χ1) is 22.0. The summed E-state index contributed by atoms with van der Waals surface area (Å²) in [6.07, 6.45) is 1.18. The lowest BCUT2D eigenvalue weighted by molar-refractivity contribution is -0.709. The Bertz CT molecular complexity index is 1700. The van der Waals surface area contributed by atoms with Gasteiger partial charge < -0.3 is 20.3 Å². The molecular formula is C31H29Cl2N3O6S4. The Morgan fingerprint density at radius 2 is 1.96 bits per heavy atom. The summed E-state index contributed by atoms with van der Waals surface area (Å²) in [6.45, 7) is 2.69. The number of rotatable bonds is 14. The first-order valence-corrected chi connectivity index (χ1v) is 18.8. The fraction of sp³-hybridized carbons (Fsp3) is 0.323. The van der Waals surface area contributed by atoms with Crippen molar-refractivity contribution in [3.05, 3.63) is 85.4 Å². The number of thioether (sulfide) groups is 3. The quantitative estimate of drug-likeness (QED) is 0.142. The van der Waals surface area contributed by atoms with Crippen molar-refractivity contribution in [2.24, 2.45) is 0 Å². The largest absolute Gasteiger partial charge is 0.543 e. The molecule has 0 spiro atoms. The van der Waals surface area contributed by atoms with E-state index in [9.17, 15) is 29.4 Å². The van der Waals surface area contributed by atoms with Gasteiger partial charge in [-0.15, -0.1) is 46.6 Å². The molecule has 2 N–H and O–H groups in total. The summed E-state index contributed by atoms with van der Waals surface area (Å²) in [7, 11) is 0. The van der Waals surface area contributed by atoms with E-state index in [-0.39, 0.29) is 23.8 Å². The van der Waals surface area contributed by atoms with Crippen molar-refractivity contribution in [3.8, 4) is 0 Å². The van der Waals surface area contributed by atoms with Crippen molar-refractivity contribution < 1.29 is 34.0 Å². The highest BCUT2D eigenvalue weighted by molar-refractivity contribution is 8.01. The zero-order valence-corrected chi connectivity index (χ0v) is 29.3. The number of β-lactam (4-membered cyclic amide) rings is 1. The lowest BCUT2D eigenvalue weighted by atomic mass is 10.0. The zero-order valence-electron chi connectivity index (χ0n) is 24.5. The highest BCUT2D eigenvalue weighted by Crippen LogP contribution is 2.41. The summed E-state index contributed by atoms with van der Waals surface area (Å²) in [6, 6.07) is 12.1. The van der Waals surface area contributed by atoms with E-state index in [1.807, 2.05) is 30.5 Å². The average molecular weight is 739 g/mol. The van der Waals surface area contributed by atoms with E-state index < -0.39 is 29.3 Å². The summed E-state index contributed by atoms with van der Waals surface area (Å²) in [5.41, 5.74) is 2.26. The van der Waals surface area contributed by atoms with Crippen LogP contribution in [0.5, 0.6) is 0 Å². The van der Waals surface area contributed by atoms with E-state index in [4.69, 9.17) is 23.2 Å². The smallest absolute Gasteiger partial charge is 0.303 e. The summed E-state index contributed by atoms with van der Waals surface area (Å²) >= 11 is 17.9. The summed E-state index contributed by atoms with van der Waals surface area (Å²) in [5, 5.41) is 26.7. The van der Waals surface area contributed by atoms with Crippen LogP contribution in [0.2, 0.25) is 10.0 Å². The maximum absolute atomic E-state index is 13.1. The molecule has 0 saturated carbocycles. The van der Waals surface area contributed by atoms with Crippen LogP contribution in [-0.4, -0.2) is 62.4 Å². The number of carboxylic acids is 2. The van der Waals surface area contributed by atoms with Crippen LogP contribution in [0.25, 0.3) is 0 Å². The van der Waals surface area contributed by atoms with E-state index >= 15 is 0 Å². The molecule has 0 bridgehead atoms. The van der Waals surface area contributed by atoms with Gasteiger partial charge >= 0.3 is 5.97 Å². The Morgan fingerprint density at radius 3 is 2.67 bits per heavy atom. The topological polar surface area (TPSA) is 131 Å². The third-order valence-electron chi connectivity index (χ3n) is 7.41. The predicted octanol–water partition coefficient (Wildman–Crippen LogP) is 4.20. The van der Waals surface area contributed by atoms with Crippen LogP contribution >= 0.6 is 69.8 Å². The van der Waals surface area contributed by atoms with Gasteiger partial charge in [-0.05, 0) is 35.2 Å². The van der Waals surface area contributed by atoms with Crippen LogP contribution in [0, 0.1) is 6.92 Å². The number of carbonyl (C=O) groups excluding carboxylic acids is 3. The Morgan fingerprint density at radius 1 is 1.15 bits per heavy atom. The number of nitrogens with one attached hydrogen (secondary N) is 1. The number of aryl methyl sites for hydroxylation is 3. The number of thiophene rings is 1. The number of pyridine rings is 1. The number of aliphatic carboxylic acids is 2. The summed E-state index contributed by atoms with van der Waals surface area (Å²) in [5.74, 6) is -2.55. The molecule has 15 heteroatoms. The number of nitrogens with zero attached hydrogens (tertiary/aromatic N) is 2. The van der Waals surface area contributed by atoms with Crippen molar-refractivity contribution in [3.63, 3.8) is 0 Å². The monoisotopic (exact) mass is 737 g/mol. The highest BCUT2D eigenvalue weighted by atomic mass is 35.5. The normalized spacial score (nSPS) is 17.5. The van der Waals surface area contributed by atoms with Crippen LogP contribution in [-0.2, 0) is 38.6 Å². The molecule has 2 aromatic heterocycles. The van der Waals surface area contributed by atoms with Gasteiger partial charge in [0.2, 0.25) is 5.91 Å². The molecule has 2 amide bonds. The second-order valence-electron chi connectivity index (χ2n) is 10.5. The minimum Gasteiger partial charge on any atom is -0.543 e. The lowest BCUT2D eigenvalue weighted by Crippen LogP contribution is -2.71. The van der Waals surface area contributed by atoms with Crippen molar-refractivity contribution in [2.45, 2.75) is 53.9 Å². The Kier molecular flexibility index (Phi) is 11.7. The van der Waals surface area contributed by atoms with E-state index in [0.717, 1.165) is 22.7 Å². The van der Waals surface area contributed by atoms with Crippen LogP contribution in [0.15, 0.2) is 68.9 Å². The molecule has 1 aromatic carbocycles. The predicted molar refractivity (Wildman–Crippen MR) is 180 cm³/mol. The molecule has 4 heterocycles. The highest BCUT2D eigenvalue weighted by Gasteiger charge is 2.52. The Balaban J connectivity index is 1.25. The molecule has 3 aromatic rings. The van der Waals surface area contributed by atoms with Gasteiger partial charge in [0.1, 0.15) is 11.4 Å². The van der Waals surface area contributed by atoms with Gasteiger partial charge in [-0.3, -0.25) is 19.3 Å². The summed E-state index contributed by atoms with van der Waals surface area (Å²) in [4.78, 5) is 53.4. The number of carboxylic acid groups (broad SMARTS) is 2. The van der Waals surface area contributed by atoms with Gasteiger partial charge in [-0.2, -0.15) is 4.57 Å². The standard InChI is InChI=1S/C31H29Cl2N3O6S4/c1-17-11-22(13-20(5-7-26(38)39)35(17)9-8-21-3-2-10-43-21)44-14-18-15-46-30-27(29(40)36(30)28(18)31(41)42)34-25(37)16-45-24-12-19(32)4-6-23(24)33/h2-4,6,10-13,27,30H,5,7-9,14-16H2,1H3,(H2-,34,37,38,39,41,42)/t27-,30-/m1/s1. The van der Waals surface area contributed by atoms with Crippen molar-refractivity contribution in [1.29, 1.82) is 0 Å². The molecule has 2 aliphatic rings. The van der Waals surface area contributed by atoms with Gasteiger partial charge in [0.25, 0.3) is 5.91 Å². The number of amides is 2. The number of fused-ring (bicyclic) bond motifs is 1. The molecule has 242 valence electrons. The fourth-order valence-corrected chi connectivity index (χ4v) is 9.75. The minimum absolute atomic E-state index is 0.00524. The van der Waals surface area contributed by atoms with Gasteiger partial charge in [-0.25, -0.2) is 0 Å². The van der Waals surface area contributed by atoms with Crippen molar-refractivity contribution in [2.75, 3.05) is 17.3 Å². The Hall–Kier alpha value is -2.68. The lowest BCUT2D eigenvalue weighted by Gasteiger charge is -2.50. The molecule has 2 aliphatic heterocycles. The van der Waals surface area contributed by atoms with Gasteiger partial charge in [-0.1, -0.05) is 29.3 Å². The molecular weight excluding hydrogens is 710 g/mol. The molecule has 9 nitrogen and oxygen atoms in total. The van der Waals surface area contributed by atoms with E-state index in [1.165, 1.54) is 45.1 Å². The molecule has 46 heavy (non-hydrogen) atoms. The third-order valence-corrected chi connectivity index (χ3v) is 12.5. The molecule has 1 saturated heterocycles. The molecule has 0 radical (unpaired) electrons. The SMILES string of the molecule is Cc1cc(SCC2=C(C(=O)[O-])N3C(=O)[C@@H](NC(=O)CSc4cc(Cl)ccc4Cl)[C@H]3SC2)cc(CCC(=O)O)[n+]1CCc1cccs1. The van der Waals surface area contributed by atoms with Crippen LogP contribution in [0.1, 0.15) is 22.7 Å². The van der Waals surface area contributed by atoms with E-state index in [1.54, 1.807) is 29.5 Å². The minimum atomic E-state index is -1.44. The number of aromatic nitrogens is 1. The Labute approximate surface area is 292 Å². The van der Waals surface area contributed by atoms with Crippen LogP contribution < -0.4 is 15.0 Å². The van der Waals surface area contributed by atoms with Gasteiger partial charge in [0, 0.05) is 63.1 Å². The molecule has 1 fully saturated rings. The third kappa shape index (κ3) is 8.23. The number of hydrogen-bond donors (Lipinski definition) is 2. The second kappa shape index (κ2) is 15.5. The molecule has 0 aliphatic carbocycles. The van der Waals surface area contributed by atoms with E-state index in [2.05, 4.69) is 16.0 Å².